The Hall–Kier alpha value is -3.21. The highest BCUT2D eigenvalue weighted by atomic mass is 16.2. The molecule has 5 nitrogen and oxygen atoms in total. The van der Waals surface area contributed by atoms with Crippen LogP contribution < -0.4 is 5.56 Å². The Morgan fingerprint density at radius 2 is 1.63 bits per heavy atom. The zero-order valence-electron chi connectivity index (χ0n) is 15.6. The van der Waals surface area contributed by atoms with Crippen molar-refractivity contribution in [1.82, 2.24) is 14.7 Å². The minimum atomic E-state index is -0.285. The number of likely N-dealkylation sites (N-methyl/N-ethyl adjacent to an activating group) is 1. The minimum Gasteiger partial charge on any atom is -0.341 e. The van der Waals surface area contributed by atoms with E-state index in [0.717, 1.165) is 12.0 Å². The summed E-state index contributed by atoms with van der Waals surface area (Å²) in [5.74, 6) is -0.141. The van der Waals surface area contributed by atoms with E-state index in [2.05, 4.69) is 5.10 Å². The molecular weight excluding hydrogens is 338 g/mol. The van der Waals surface area contributed by atoms with E-state index in [1.807, 2.05) is 67.6 Å². The van der Waals surface area contributed by atoms with Gasteiger partial charge in [-0.2, -0.15) is 5.10 Å². The van der Waals surface area contributed by atoms with Crippen LogP contribution in [0.2, 0.25) is 0 Å². The lowest BCUT2D eigenvalue weighted by atomic mass is 10.1. The molecule has 0 aliphatic carbocycles. The predicted octanol–water partition coefficient (Wildman–Crippen LogP) is 3.00. The largest absolute Gasteiger partial charge is 0.341 e. The number of carbonyl (C=O) groups excluding carboxylic acids is 1. The molecule has 1 atom stereocenters. The molecule has 1 amide bonds. The highest BCUT2D eigenvalue weighted by Gasteiger charge is 2.17. The Balaban J connectivity index is 1.72. The van der Waals surface area contributed by atoms with Gasteiger partial charge in [0.15, 0.2) is 0 Å². The van der Waals surface area contributed by atoms with Gasteiger partial charge in [0.2, 0.25) is 5.91 Å². The summed E-state index contributed by atoms with van der Waals surface area (Å²) in [6.45, 7) is 1.93. The first-order valence-electron chi connectivity index (χ1n) is 8.98. The number of carbonyl (C=O) groups is 1. The van der Waals surface area contributed by atoms with Gasteiger partial charge in [0.1, 0.15) is 6.54 Å². The van der Waals surface area contributed by atoms with E-state index in [-0.39, 0.29) is 24.1 Å². The third-order valence-electron chi connectivity index (χ3n) is 4.65. The molecule has 0 fully saturated rings. The standard InChI is InChI=1S/C22H23N3O2/c1-17(15-18-9-5-3-6-10-18)24(2)22(27)16-25-21(26)14-13-20(23-25)19-11-7-4-8-12-19/h3-14,17H,15-16H2,1-2H3. The molecule has 0 aliphatic heterocycles. The second-order valence-corrected chi connectivity index (χ2v) is 6.62. The first kappa shape index (κ1) is 18.6. The van der Waals surface area contributed by atoms with Crippen molar-refractivity contribution in [2.45, 2.75) is 25.9 Å². The number of nitrogens with zero attached hydrogens (tertiary/aromatic N) is 3. The van der Waals surface area contributed by atoms with Gasteiger partial charge >= 0.3 is 0 Å². The van der Waals surface area contributed by atoms with Crippen molar-refractivity contribution >= 4 is 5.91 Å². The lowest BCUT2D eigenvalue weighted by Gasteiger charge is -2.25. The van der Waals surface area contributed by atoms with Crippen molar-refractivity contribution in [2.75, 3.05) is 7.05 Å². The third kappa shape index (κ3) is 4.70. The summed E-state index contributed by atoms with van der Waals surface area (Å²) < 4.78 is 1.23. The summed E-state index contributed by atoms with van der Waals surface area (Å²) >= 11 is 0. The quantitative estimate of drug-likeness (QED) is 0.678. The summed E-state index contributed by atoms with van der Waals surface area (Å²) in [4.78, 5) is 26.5. The Kier molecular flexibility index (Phi) is 5.81. The molecule has 1 heterocycles. The predicted molar refractivity (Wildman–Crippen MR) is 106 cm³/mol. The maximum atomic E-state index is 12.7. The van der Waals surface area contributed by atoms with Gasteiger partial charge in [0.05, 0.1) is 5.69 Å². The van der Waals surface area contributed by atoms with Gasteiger partial charge in [-0.3, -0.25) is 9.59 Å². The van der Waals surface area contributed by atoms with Gasteiger partial charge in [-0.1, -0.05) is 60.7 Å². The van der Waals surface area contributed by atoms with Crippen molar-refractivity contribution in [3.05, 3.63) is 88.7 Å². The molecule has 0 aliphatic rings. The van der Waals surface area contributed by atoms with E-state index in [1.165, 1.54) is 16.3 Å². The molecular formula is C22H23N3O2. The van der Waals surface area contributed by atoms with Gasteiger partial charge in [-0.05, 0) is 25.0 Å². The van der Waals surface area contributed by atoms with E-state index in [0.29, 0.717) is 5.69 Å². The highest BCUT2D eigenvalue weighted by Crippen LogP contribution is 2.14. The molecule has 0 radical (unpaired) electrons. The number of aromatic nitrogens is 2. The smallest absolute Gasteiger partial charge is 0.267 e. The first-order chi connectivity index (χ1) is 13.0. The molecule has 0 spiro atoms. The van der Waals surface area contributed by atoms with Gasteiger partial charge in [-0.25, -0.2) is 4.68 Å². The molecule has 1 unspecified atom stereocenters. The molecule has 0 bridgehead atoms. The van der Waals surface area contributed by atoms with E-state index in [9.17, 15) is 9.59 Å². The van der Waals surface area contributed by atoms with Crippen LogP contribution in [0.15, 0.2) is 77.6 Å². The Morgan fingerprint density at radius 1 is 1.00 bits per heavy atom. The number of hydrogen-bond donors (Lipinski definition) is 0. The van der Waals surface area contributed by atoms with E-state index >= 15 is 0 Å². The highest BCUT2D eigenvalue weighted by molar-refractivity contribution is 5.76. The molecule has 0 saturated heterocycles. The molecule has 0 saturated carbocycles. The van der Waals surface area contributed by atoms with Crippen molar-refractivity contribution in [2.24, 2.45) is 0 Å². The van der Waals surface area contributed by atoms with Crippen LogP contribution in [0.1, 0.15) is 12.5 Å². The maximum absolute atomic E-state index is 12.7. The zero-order valence-corrected chi connectivity index (χ0v) is 15.6. The third-order valence-corrected chi connectivity index (χ3v) is 4.65. The molecule has 3 rings (SSSR count). The first-order valence-corrected chi connectivity index (χ1v) is 8.98. The van der Waals surface area contributed by atoms with Crippen LogP contribution in [0.25, 0.3) is 11.3 Å². The second kappa shape index (κ2) is 8.45. The lowest BCUT2D eigenvalue weighted by molar-refractivity contribution is -0.132. The average molecular weight is 361 g/mol. The lowest BCUT2D eigenvalue weighted by Crippen LogP contribution is -2.40. The molecule has 0 N–H and O–H groups in total. The van der Waals surface area contributed by atoms with Crippen LogP contribution in [-0.2, 0) is 17.8 Å². The van der Waals surface area contributed by atoms with Gasteiger partial charge < -0.3 is 4.90 Å². The summed E-state index contributed by atoms with van der Waals surface area (Å²) in [7, 11) is 1.77. The molecule has 3 aromatic rings. The van der Waals surface area contributed by atoms with Crippen LogP contribution >= 0.6 is 0 Å². The SMILES string of the molecule is CC(Cc1ccccc1)N(C)C(=O)Cn1nc(-c2ccccc2)ccc1=O. The molecule has 27 heavy (non-hydrogen) atoms. The average Bonchev–Trinajstić information content (AvgIpc) is 2.70. The number of benzene rings is 2. The van der Waals surface area contributed by atoms with Gasteiger partial charge in [0, 0.05) is 24.7 Å². The molecule has 138 valence electrons. The van der Waals surface area contributed by atoms with E-state index in [1.54, 1.807) is 18.0 Å². The normalized spacial score (nSPS) is 11.8. The van der Waals surface area contributed by atoms with Crippen molar-refractivity contribution in [3.8, 4) is 11.3 Å². The van der Waals surface area contributed by atoms with Crippen LogP contribution in [0.4, 0.5) is 0 Å². The molecule has 2 aromatic carbocycles. The summed E-state index contributed by atoms with van der Waals surface area (Å²) in [6.07, 6.45) is 0.759. The Labute approximate surface area is 158 Å². The van der Waals surface area contributed by atoms with Crippen LogP contribution in [0.5, 0.6) is 0 Å². The fourth-order valence-electron chi connectivity index (χ4n) is 2.90. The number of amides is 1. The minimum absolute atomic E-state index is 0.0212. The monoisotopic (exact) mass is 361 g/mol. The Bertz CT molecular complexity index is 952. The molecule has 1 aromatic heterocycles. The summed E-state index contributed by atoms with van der Waals surface area (Å²) in [6, 6.07) is 22.8. The second-order valence-electron chi connectivity index (χ2n) is 6.62. The number of rotatable bonds is 6. The van der Waals surface area contributed by atoms with Crippen LogP contribution in [-0.4, -0.2) is 33.7 Å². The van der Waals surface area contributed by atoms with E-state index in [4.69, 9.17) is 0 Å². The van der Waals surface area contributed by atoms with Gasteiger partial charge in [-0.15, -0.1) is 0 Å². The van der Waals surface area contributed by atoms with Crippen LogP contribution in [0.3, 0.4) is 0 Å². The Morgan fingerprint density at radius 3 is 2.30 bits per heavy atom. The van der Waals surface area contributed by atoms with Crippen molar-refractivity contribution in [1.29, 1.82) is 0 Å². The van der Waals surface area contributed by atoms with Crippen LogP contribution in [0, 0.1) is 0 Å². The van der Waals surface area contributed by atoms with E-state index < -0.39 is 0 Å². The zero-order chi connectivity index (χ0) is 19.2. The van der Waals surface area contributed by atoms with Crippen molar-refractivity contribution < 1.29 is 4.79 Å². The fourth-order valence-corrected chi connectivity index (χ4v) is 2.90. The maximum Gasteiger partial charge on any atom is 0.267 e. The molecule has 5 heteroatoms. The summed E-state index contributed by atoms with van der Waals surface area (Å²) in [5, 5.41) is 4.36. The fraction of sp³-hybridized carbons (Fsp3) is 0.227. The van der Waals surface area contributed by atoms with Crippen molar-refractivity contribution in [3.63, 3.8) is 0 Å². The topological polar surface area (TPSA) is 55.2 Å². The summed E-state index contributed by atoms with van der Waals surface area (Å²) in [5.41, 5.74) is 2.46. The van der Waals surface area contributed by atoms with Gasteiger partial charge in [0.25, 0.3) is 5.56 Å². The number of hydrogen-bond acceptors (Lipinski definition) is 3.